The average molecular weight is 280 g/mol. The van der Waals surface area contributed by atoms with E-state index in [4.69, 9.17) is 0 Å². The van der Waals surface area contributed by atoms with Gasteiger partial charge in [0.15, 0.2) is 0 Å². The van der Waals surface area contributed by atoms with E-state index in [1.54, 1.807) is 0 Å². The smallest absolute Gasteiger partial charge is 0.0961 e. The molecule has 0 aromatic heterocycles. The van der Waals surface area contributed by atoms with Crippen molar-refractivity contribution in [2.75, 3.05) is 0 Å². The molecule has 0 unspecified atom stereocenters. The molecule has 1 heteroatoms. The van der Waals surface area contributed by atoms with E-state index >= 15 is 0 Å². The summed E-state index contributed by atoms with van der Waals surface area (Å²) in [4.78, 5) is 0. The molecule has 0 radical (unpaired) electrons. The zero-order valence-electron chi connectivity index (χ0n) is 12.9. The lowest BCUT2D eigenvalue weighted by Gasteiger charge is -2.38. The molecule has 0 amide bonds. The lowest BCUT2D eigenvalue weighted by molar-refractivity contribution is -0.0176. The second-order valence-electron chi connectivity index (χ2n) is 5.60. The molecule has 0 saturated carbocycles. The van der Waals surface area contributed by atoms with Gasteiger partial charge in [0.05, 0.1) is 5.60 Å². The first kappa shape index (κ1) is 15.5. The van der Waals surface area contributed by atoms with Crippen molar-refractivity contribution in [2.24, 2.45) is 5.92 Å². The number of aliphatic hydroxyl groups is 1. The van der Waals surface area contributed by atoms with E-state index in [2.05, 4.69) is 25.6 Å². The quantitative estimate of drug-likeness (QED) is 0.747. The molecule has 2 aromatic rings. The van der Waals surface area contributed by atoms with Gasteiger partial charge in [-0.05, 0) is 23.5 Å². The number of hydrogen-bond donors (Lipinski definition) is 1. The Morgan fingerprint density at radius 1 is 1.05 bits per heavy atom. The van der Waals surface area contributed by atoms with Gasteiger partial charge in [-0.3, -0.25) is 0 Å². The summed E-state index contributed by atoms with van der Waals surface area (Å²) in [6.45, 7) is 8.17. The molecule has 1 N–H and O–H groups in total. The summed E-state index contributed by atoms with van der Waals surface area (Å²) in [6, 6.07) is 20.2. The highest BCUT2D eigenvalue weighted by atomic mass is 16.3. The van der Waals surface area contributed by atoms with Crippen molar-refractivity contribution in [3.05, 3.63) is 84.4 Å². The third-order valence-corrected chi connectivity index (χ3v) is 4.48. The van der Waals surface area contributed by atoms with Crippen molar-refractivity contribution in [2.45, 2.75) is 31.8 Å². The Hall–Kier alpha value is -1.86. The van der Waals surface area contributed by atoms with E-state index in [-0.39, 0.29) is 11.8 Å². The molecule has 0 bridgehead atoms. The molecular weight excluding hydrogens is 256 g/mol. The van der Waals surface area contributed by atoms with E-state index in [9.17, 15) is 5.11 Å². The molecule has 2 aromatic carbocycles. The summed E-state index contributed by atoms with van der Waals surface area (Å²) < 4.78 is 0. The van der Waals surface area contributed by atoms with E-state index in [1.165, 1.54) is 5.56 Å². The zero-order valence-corrected chi connectivity index (χ0v) is 12.9. The molecule has 110 valence electrons. The van der Waals surface area contributed by atoms with Gasteiger partial charge in [0, 0.05) is 5.92 Å². The molecule has 0 heterocycles. The normalized spacial score (nSPS) is 16.7. The molecule has 2 rings (SSSR count). The van der Waals surface area contributed by atoms with Crippen LogP contribution >= 0.6 is 0 Å². The van der Waals surface area contributed by atoms with Crippen LogP contribution in [0, 0.1) is 5.92 Å². The molecule has 0 aliphatic carbocycles. The molecular formula is C20H24O. The first-order valence-corrected chi connectivity index (χ1v) is 7.59. The predicted molar refractivity (Wildman–Crippen MR) is 89.2 cm³/mol. The summed E-state index contributed by atoms with van der Waals surface area (Å²) in [6.07, 6.45) is 2.55. The molecule has 0 aliphatic rings. The molecule has 21 heavy (non-hydrogen) atoms. The van der Waals surface area contributed by atoms with Gasteiger partial charge in [0.2, 0.25) is 0 Å². The highest BCUT2D eigenvalue weighted by Crippen LogP contribution is 2.41. The Balaban J connectivity index is 2.41. The second-order valence-corrected chi connectivity index (χ2v) is 5.60. The molecule has 0 fully saturated rings. The van der Waals surface area contributed by atoms with Crippen molar-refractivity contribution >= 4 is 0 Å². The van der Waals surface area contributed by atoms with Crippen LogP contribution in [-0.4, -0.2) is 5.11 Å². The lowest BCUT2D eigenvalue weighted by atomic mass is 9.71. The Labute approximate surface area is 128 Å². The lowest BCUT2D eigenvalue weighted by Crippen LogP contribution is -2.36. The van der Waals surface area contributed by atoms with Crippen molar-refractivity contribution < 1.29 is 5.11 Å². The summed E-state index contributed by atoms with van der Waals surface area (Å²) in [5.41, 5.74) is 1.29. The van der Waals surface area contributed by atoms with Crippen LogP contribution < -0.4 is 0 Å². The molecule has 0 spiro atoms. The van der Waals surface area contributed by atoms with Crippen LogP contribution in [0.3, 0.4) is 0 Å². The minimum atomic E-state index is -0.891. The first-order chi connectivity index (χ1) is 10.1. The average Bonchev–Trinajstić information content (AvgIpc) is 2.56. The van der Waals surface area contributed by atoms with Crippen molar-refractivity contribution in [3.63, 3.8) is 0 Å². The maximum absolute atomic E-state index is 11.3. The molecule has 1 nitrogen and oxygen atoms in total. The SMILES string of the molecule is C=C[C@H]([C@@H](C)c1ccccc1)[C@](O)(CC)c1ccccc1. The highest BCUT2D eigenvalue weighted by molar-refractivity contribution is 5.29. The summed E-state index contributed by atoms with van der Waals surface area (Å²) in [5.74, 6) is 0.168. The van der Waals surface area contributed by atoms with Crippen molar-refractivity contribution in [1.29, 1.82) is 0 Å². The van der Waals surface area contributed by atoms with E-state index < -0.39 is 5.60 Å². The van der Waals surface area contributed by atoms with Crippen molar-refractivity contribution in [1.82, 2.24) is 0 Å². The summed E-state index contributed by atoms with van der Waals surface area (Å²) >= 11 is 0. The van der Waals surface area contributed by atoms with Crippen LogP contribution in [0.2, 0.25) is 0 Å². The molecule has 0 saturated heterocycles. The van der Waals surface area contributed by atoms with Crippen LogP contribution in [0.4, 0.5) is 0 Å². The summed E-state index contributed by atoms with van der Waals surface area (Å²) in [7, 11) is 0. The molecule has 3 atom stereocenters. The monoisotopic (exact) mass is 280 g/mol. The maximum atomic E-state index is 11.3. The molecule has 0 aliphatic heterocycles. The Morgan fingerprint density at radius 2 is 1.57 bits per heavy atom. The van der Waals surface area contributed by atoms with Crippen LogP contribution in [0.25, 0.3) is 0 Å². The van der Waals surface area contributed by atoms with E-state index in [1.807, 2.05) is 61.5 Å². The first-order valence-electron chi connectivity index (χ1n) is 7.59. The van der Waals surface area contributed by atoms with Gasteiger partial charge in [-0.25, -0.2) is 0 Å². The topological polar surface area (TPSA) is 20.2 Å². The Morgan fingerprint density at radius 3 is 2.05 bits per heavy atom. The largest absolute Gasteiger partial charge is 0.385 e. The second kappa shape index (κ2) is 6.73. The van der Waals surface area contributed by atoms with Gasteiger partial charge in [-0.2, -0.15) is 0 Å². The van der Waals surface area contributed by atoms with Gasteiger partial charge in [-0.15, -0.1) is 6.58 Å². The summed E-state index contributed by atoms with van der Waals surface area (Å²) in [5, 5.41) is 11.3. The van der Waals surface area contributed by atoms with Gasteiger partial charge in [0.1, 0.15) is 0 Å². The number of benzene rings is 2. The minimum Gasteiger partial charge on any atom is -0.385 e. The Bertz CT molecular complexity index is 561. The van der Waals surface area contributed by atoms with Crippen molar-refractivity contribution in [3.8, 4) is 0 Å². The van der Waals surface area contributed by atoms with Crippen LogP contribution in [0.5, 0.6) is 0 Å². The van der Waals surface area contributed by atoms with E-state index in [0.29, 0.717) is 6.42 Å². The third kappa shape index (κ3) is 3.08. The fraction of sp³-hybridized carbons (Fsp3) is 0.300. The zero-order chi connectivity index (χ0) is 15.3. The number of hydrogen-bond acceptors (Lipinski definition) is 1. The van der Waals surface area contributed by atoms with Gasteiger partial charge in [0.25, 0.3) is 0 Å². The van der Waals surface area contributed by atoms with Gasteiger partial charge < -0.3 is 5.11 Å². The van der Waals surface area contributed by atoms with Gasteiger partial charge >= 0.3 is 0 Å². The van der Waals surface area contributed by atoms with E-state index in [0.717, 1.165) is 5.56 Å². The number of rotatable bonds is 6. The minimum absolute atomic E-state index is 0.0349. The fourth-order valence-electron chi connectivity index (χ4n) is 3.14. The van der Waals surface area contributed by atoms with Crippen LogP contribution in [-0.2, 0) is 5.60 Å². The standard InChI is InChI=1S/C20H24O/c1-4-19(16(3)17-12-8-6-9-13-17)20(21,5-2)18-14-10-7-11-15-18/h4,6-16,19,21H,1,5H2,2-3H3/t16-,19+,20-/m0/s1. The maximum Gasteiger partial charge on any atom is 0.0961 e. The fourth-order valence-corrected chi connectivity index (χ4v) is 3.14. The van der Waals surface area contributed by atoms with Gasteiger partial charge in [-0.1, -0.05) is 80.6 Å². The van der Waals surface area contributed by atoms with Crippen LogP contribution in [0.15, 0.2) is 73.3 Å². The highest BCUT2D eigenvalue weighted by Gasteiger charge is 2.38. The Kier molecular flexibility index (Phi) is 4.98. The predicted octanol–water partition coefficient (Wildman–Crippen LogP) is 4.89. The third-order valence-electron chi connectivity index (χ3n) is 4.48. The van der Waals surface area contributed by atoms with Crippen LogP contribution in [0.1, 0.15) is 37.3 Å².